The number of likely N-dealkylation sites (tertiary alicyclic amines) is 1. The van der Waals surface area contributed by atoms with Crippen LogP contribution in [0.3, 0.4) is 0 Å². The van der Waals surface area contributed by atoms with E-state index in [1.165, 1.54) is 4.90 Å². The van der Waals surface area contributed by atoms with Crippen LogP contribution >= 0.6 is 0 Å². The van der Waals surface area contributed by atoms with Crippen molar-refractivity contribution in [1.82, 2.24) is 4.90 Å². The van der Waals surface area contributed by atoms with E-state index in [0.717, 1.165) is 32.7 Å². The van der Waals surface area contributed by atoms with Crippen LogP contribution in [-0.4, -0.2) is 72.6 Å². The van der Waals surface area contributed by atoms with Gasteiger partial charge in [0.05, 0.1) is 24.5 Å². The molecule has 3 aromatic carbocycles. The number of carbonyl (C=O) groups excluding carboxylic acids is 2. The maximum absolute atomic E-state index is 14.2. The normalized spacial score (nSPS) is 21.9. The third-order valence-corrected chi connectivity index (χ3v) is 16.7. The van der Waals surface area contributed by atoms with Crippen molar-refractivity contribution >= 4 is 49.7 Å². The summed E-state index contributed by atoms with van der Waals surface area (Å²) >= 11 is 0. The quantitative estimate of drug-likeness (QED) is 0.0684. The zero-order valence-corrected chi connectivity index (χ0v) is 33.4. The number of aromatic hydroxyl groups is 1. The fraction of sp³-hybridized carbons (Fsp3) is 0.432. The molecule has 2 aliphatic heterocycles. The summed E-state index contributed by atoms with van der Waals surface area (Å²) in [6.07, 6.45) is 4.85. The van der Waals surface area contributed by atoms with E-state index in [0.29, 0.717) is 38.5 Å². The van der Waals surface area contributed by atoms with Crippen molar-refractivity contribution in [2.75, 3.05) is 13.2 Å². The van der Waals surface area contributed by atoms with E-state index in [-0.39, 0.29) is 48.5 Å². The molecule has 2 saturated heterocycles. The van der Waals surface area contributed by atoms with Crippen LogP contribution < -0.4 is 10.4 Å². The van der Waals surface area contributed by atoms with E-state index < -0.39 is 45.3 Å². The molecular weight excluding hydrogens is 709 g/mol. The molecule has 2 amide bonds. The van der Waals surface area contributed by atoms with Crippen LogP contribution in [0, 0.1) is 17.8 Å². The highest BCUT2D eigenvalue weighted by Gasteiger charge is 2.58. The number of carbonyl (C=O) groups is 3. The van der Waals surface area contributed by atoms with Crippen molar-refractivity contribution in [1.29, 1.82) is 0 Å². The average molecular weight is 764 g/mol. The lowest BCUT2D eigenvalue weighted by Crippen LogP contribution is -2.66. The molecule has 0 saturated carbocycles. The number of amides is 2. The molecule has 0 unspecified atom stereocenters. The number of imide groups is 1. The number of benzene rings is 3. The number of phenols is 1. The summed E-state index contributed by atoms with van der Waals surface area (Å²) in [6, 6.07) is 28.0. The summed E-state index contributed by atoms with van der Waals surface area (Å²) in [5.74, 6) is -2.67. The van der Waals surface area contributed by atoms with Crippen LogP contribution in [0.5, 0.6) is 5.75 Å². The molecule has 0 aromatic heterocycles. The molecule has 1 aliphatic carbocycles. The summed E-state index contributed by atoms with van der Waals surface area (Å²) < 4.78 is 13.8. The molecular formula is C44H54BNO8Si. The van der Waals surface area contributed by atoms with Crippen molar-refractivity contribution in [2.45, 2.75) is 90.1 Å². The van der Waals surface area contributed by atoms with Gasteiger partial charge in [-0.05, 0) is 83.9 Å². The van der Waals surface area contributed by atoms with Crippen LogP contribution in [0.4, 0.5) is 0 Å². The van der Waals surface area contributed by atoms with E-state index in [4.69, 9.17) is 14.2 Å². The lowest BCUT2D eigenvalue weighted by atomic mass is 9.58. The van der Waals surface area contributed by atoms with Crippen molar-refractivity contribution in [3.8, 4) is 5.75 Å². The minimum absolute atomic E-state index is 0.0532. The Morgan fingerprint density at radius 1 is 0.909 bits per heavy atom. The van der Waals surface area contributed by atoms with Gasteiger partial charge >= 0.3 is 13.1 Å². The van der Waals surface area contributed by atoms with E-state index in [1.807, 2.05) is 37.3 Å². The van der Waals surface area contributed by atoms with Crippen molar-refractivity contribution in [3.05, 3.63) is 107 Å². The van der Waals surface area contributed by atoms with Gasteiger partial charge in [-0.2, -0.15) is 0 Å². The van der Waals surface area contributed by atoms with Gasteiger partial charge in [-0.15, -0.1) is 0 Å². The number of aliphatic carboxylic acids is 1. The largest absolute Gasteiger partial charge is 0.507 e. The second kappa shape index (κ2) is 17.2. The first-order valence-corrected chi connectivity index (χ1v) is 21.5. The Labute approximate surface area is 326 Å². The number of hydrogen-bond donors (Lipinski definition) is 3. The number of nitrogens with zero attached hydrogens (tertiary/aromatic N) is 1. The first-order valence-electron chi connectivity index (χ1n) is 19.6. The van der Waals surface area contributed by atoms with Crippen LogP contribution in [0.25, 0.3) is 6.08 Å². The fourth-order valence-electron chi connectivity index (χ4n) is 9.17. The predicted molar refractivity (Wildman–Crippen MR) is 217 cm³/mol. The predicted octanol–water partition coefficient (Wildman–Crippen LogP) is 6.59. The van der Waals surface area contributed by atoms with E-state index >= 15 is 0 Å². The Balaban J connectivity index is 1.37. The molecule has 11 heteroatoms. The van der Waals surface area contributed by atoms with Gasteiger partial charge in [0.25, 0.3) is 8.32 Å². The second-order valence-corrected chi connectivity index (χ2v) is 20.7. The number of para-hydroxylation sites is 1. The Hall–Kier alpha value is -4.29. The molecule has 2 fully saturated rings. The number of rotatable bonds is 15. The third kappa shape index (κ3) is 8.60. The molecule has 0 spiro atoms. The SMILES string of the molecule is C/C(=C\c1ccccc1O)CC[C@H]1OB(O)C[C@H]2C1=C(CO[Si](c1ccccc1)(c1ccccc1)C(C)(C)C)C[C@H]1C(=O)N(CCCCCC(=O)O)C(=O)[C@H]12. The Morgan fingerprint density at radius 3 is 2.16 bits per heavy atom. The minimum Gasteiger partial charge on any atom is -0.507 e. The van der Waals surface area contributed by atoms with Gasteiger partial charge in [-0.1, -0.05) is 118 Å². The molecule has 3 aromatic rings. The van der Waals surface area contributed by atoms with Crippen LogP contribution in [-0.2, 0) is 23.5 Å². The zero-order chi connectivity index (χ0) is 39.3. The van der Waals surface area contributed by atoms with Gasteiger partial charge in [-0.3, -0.25) is 19.3 Å². The van der Waals surface area contributed by atoms with E-state index in [1.54, 1.807) is 12.1 Å². The summed E-state index contributed by atoms with van der Waals surface area (Å²) in [5, 5.41) is 32.7. The maximum Gasteiger partial charge on any atom is 0.455 e. The smallest absolute Gasteiger partial charge is 0.455 e. The van der Waals surface area contributed by atoms with Gasteiger partial charge < -0.3 is 24.3 Å². The fourth-order valence-corrected chi connectivity index (χ4v) is 13.7. The Bertz CT molecular complexity index is 1870. The Kier molecular flexibility index (Phi) is 12.7. The molecule has 2 heterocycles. The third-order valence-electron chi connectivity index (χ3n) is 11.7. The van der Waals surface area contributed by atoms with Crippen LogP contribution in [0.1, 0.15) is 78.2 Å². The molecule has 4 atom stereocenters. The number of phenolic OH excluding ortho intramolecular Hbond substituents is 1. The monoisotopic (exact) mass is 763 g/mol. The van der Waals surface area contributed by atoms with Crippen molar-refractivity contribution in [3.63, 3.8) is 0 Å². The van der Waals surface area contributed by atoms with Gasteiger partial charge in [0.2, 0.25) is 11.8 Å². The topological polar surface area (TPSA) is 134 Å². The number of hydrogen-bond acceptors (Lipinski definition) is 7. The molecule has 0 bridgehead atoms. The average Bonchev–Trinajstić information content (AvgIpc) is 3.39. The lowest BCUT2D eigenvalue weighted by molar-refractivity contribution is -0.141. The summed E-state index contributed by atoms with van der Waals surface area (Å²) in [4.78, 5) is 40.8. The highest BCUT2D eigenvalue weighted by atomic mass is 28.4. The number of allylic oxidation sites excluding steroid dienone is 1. The second-order valence-electron chi connectivity index (χ2n) is 16.4. The molecule has 9 nitrogen and oxygen atoms in total. The highest BCUT2D eigenvalue weighted by molar-refractivity contribution is 6.99. The first kappa shape index (κ1) is 40.4. The van der Waals surface area contributed by atoms with Crippen molar-refractivity contribution in [2.24, 2.45) is 17.8 Å². The number of fused-ring (bicyclic) bond motifs is 3. The number of carboxylic acids is 1. The molecule has 55 heavy (non-hydrogen) atoms. The highest BCUT2D eigenvalue weighted by Crippen LogP contribution is 2.51. The molecule has 6 rings (SSSR count). The Morgan fingerprint density at radius 2 is 1.55 bits per heavy atom. The maximum atomic E-state index is 14.2. The van der Waals surface area contributed by atoms with Gasteiger partial charge in [-0.25, -0.2) is 0 Å². The van der Waals surface area contributed by atoms with Crippen LogP contribution in [0.15, 0.2) is 102 Å². The first-order chi connectivity index (χ1) is 26.3. The summed E-state index contributed by atoms with van der Waals surface area (Å²) in [5.41, 5.74) is 3.68. The zero-order valence-electron chi connectivity index (χ0n) is 32.4. The van der Waals surface area contributed by atoms with Crippen LogP contribution in [0.2, 0.25) is 11.4 Å². The summed E-state index contributed by atoms with van der Waals surface area (Å²) in [7, 11) is -4.09. The summed E-state index contributed by atoms with van der Waals surface area (Å²) in [6.45, 7) is 9.20. The molecule has 3 aliphatic rings. The molecule has 290 valence electrons. The molecule has 3 N–H and O–H groups in total. The minimum atomic E-state index is -2.98. The van der Waals surface area contributed by atoms with Crippen molar-refractivity contribution < 1.29 is 38.7 Å². The number of unbranched alkanes of at least 4 members (excludes halogenated alkanes) is 2. The lowest BCUT2D eigenvalue weighted by Gasteiger charge is -2.46. The molecule has 0 radical (unpaired) electrons. The van der Waals surface area contributed by atoms with Gasteiger partial charge in [0, 0.05) is 18.5 Å². The standard InChI is InChI=1S/C44H54BNO8Si/c1-30(26-31-16-13-14-21-37(31)47)23-24-38-40-32(29-53-55(44(2,3)4,33-17-8-5-9-18-33)34-19-10-6-11-20-34)27-35-41(36(40)28-45(52)54-38)43(51)46(42(35)50)25-15-7-12-22-39(48)49/h5-6,8-11,13-14,16-21,26,35-36,38,41,47,52H,7,12,15,22-25,27-29H2,1-4H3,(H,48,49)/b30-26+/t35-,36+,38-,41-/m1/s1. The van der Waals surface area contributed by atoms with Gasteiger partial charge in [0.15, 0.2) is 0 Å². The van der Waals surface area contributed by atoms with Gasteiger partial charge in [0.1, 0.15) is 5.75 Å². The van der Waals surface area contributed by atoms with E-state index in [2.05, 4.69) is 69.3 Å². The van der Waals surface area contributed by atoms with E-state index in [9.17, 15) is 24.5 Å². The number of carboxylic acid groups (broad SMARTS) is 1.